The van der Waals surface area contributed by atoms with E-state index in [9.17, 15) is 0 Å². The highest BCUT2D eigenvalue weighted by molar-refractivity contribution is 5.95. The van der Waals surface area contributed by atoms with Gasteiger partial charge in [-0.05, 0) is 50.8 Å². The summed E-state index contributed by atoms with van der Waals surface area (Å²) in [5, 5.41) is 0. The third kappa shape index (κ3) is 3.62. The quantitative estimate of drug-likeness (QED) is 0.595. The average Bonchev–Trinajstić information content (AvgIpc) is 2.24. The van der Waals surface area contributed by atoms with Gasteiger partial charge >= 0.3 is 0 Å². The second-order valence-corrected chi connectivity index (χ2v) is 4.67. The average molecular weight is 219 g/mol. The van der Waals surface area contributed by atoms with Gasteiger partial charge in [0.25, 0.3) is 0 Å². The van der Waals surface area contributed by atoms with E-state index in [-0.39, 0.29) is 0 Å². The first-order valence-electron chi connectivity index (χ1n) is 6.60. The number of hydrogen-bond acceptors (Lipinski definition) is 1. The first kappa shape index (κ1) is 13.2. The van der Waals surface area contributed by atoms with Crippen LogP contribution in [0.4, 0.5) is 0 Å². The molecule has 1 aliphatic heterocycles. The van der Waals surface area contributed by atoms with Crippen LogP contribution in [0.15, 0.2) is 28.3 Å². The van der Waals surface area contributed by atoms with Crippen molar-refractivity contribution in [2.45, 2.75) is 65.8 Å². The largest absolute Gasteiger partial charge is 0.282 e. The molecule has 0 aromatic heterocycles. The first-order chi connectivity index (χ1) is 7.69. The second-order valence-electron chi connectivity index (χ2n) is 4.67. The predicted molar refractivity (Wildman–Crippen MR) is 73.2 cm³/mol. The highest BCUT2D eigenvalue weighted by Gasteiger charge is 2.15. The number of nitrogens with zero attached hydrogens (tertiary/aromatic N) is 1. The van der Waals surface area contributed by atoms with Crippen molar-refractivity contribution in [3.8, 4) is 0 Å². The van der Waals surface area contributed by atoms with Gasteiger partial charge in [-0.2, -0.15) is 0 Å². The van der Waals surface area contributed by atoms with E-state index in [0.29, 0.717) is 6.04 Å². The summed E-state index contributed by atoms with van der Waals surface area (Å²) in [6, 6.07) is 0.358. The summed E-state index contributed by atoms with van der Waals surface area (Å²) in [6.07, 6.45) is 11.1. The van der Waals surface area contributed by atoms with E-state index in [4.69, 9.17) is 0 Å². The van der Waals surface area contributed by atoms with Gasteiger partial charge in [-0.15, -0.1) is 0 Å². The van der Waals surface area contributed by atoms with Crippen LogP contribution in [-0.2, 0) is 0 Å². The number of dihydropyridines is 1. The van der Waals surface area contributed by atoms with Gasteiger partial charge in [0.05, 0.1) is 6.04 Å². The molecule has 1 atom stereocenters. The lowest BCUT2D eigenvalue weighted by atomic mass is 9.91. The molecular formula is C15H25N. The van der Waals surface area contributed by atoms with E-state index in [1.54, 1.807) is 0 Å². The van der Waals surface area contributed by atoms with Crippen LogP contribution in [0, 0.1) is 0 Å². The van der Waals surface area contributed by atoms with Gasteiger partial charge in [0.2, 0.25) is 0 Å². The highest BCUT2D eigenvalue weighted by atomic mass is 14.8. The Kier molecular flexibility index (Phi) is 5.51. The van der Waals surface area contributed by atoms with Gasteiger partial charge in [0.15, 0.2) is 0 Å². The number of aliphatic imine (C=N–C) groups is 1. The third-order valence-corrected chi connectivity index (χ3v) is 3.21. The molecule has 0 aromatic carbocycles. The minimum atomic E-state index is 0.358. The maximum Gasteiger partial charge on any atom is 0.0723 e. The molecule has 0 aromatic rings. The molecule has 1 heteroatoms. The van der Waals surface area contributed by atoms with Crippen LogP contribution in [-0.4, -0.2) is 11.8 Å². The molecule has 0 saturated heterocycles. The van der Waals surface area contributed by atoms with Crippen LogP contribution in [0.3, 0.4) is 0 Å². The van der Waals surface area contributed by atoms with Crippen LogP contribution in [0.1, 0.15) is 59.8 Å². The van der Waals surface area contributed by atoms with Crippen molar-refractivity contribution < 1.29 is 0 Å². The molecule has 0 N–H and O–H groups in total. The van der Waals surface area contributed by atoms with Crippen molar-refractivity contribution in [1.29, 1.82) is 0 Å². The Labute approximate surface area is 100 Å². The van der Waals surface area contributed by atoms with Crippen molar-refractivity contribution in [3.63, 3.8) is 0 Å². The van der Waals surface area contributed by atoms with E-state index >= 15 is 0 Å². The molecule has 0 saturated carbocycles. The van der Waals surface area contributed by atoms with Crippen LogP contribution in [0.2, 0.25) is 0 Å². The molecule has 0 aliphatic carbocycles. The Morgan fingerprint density at radius 2 is 2.06 bits per heavy atom. The van der Waals surface area contributed by atoms with Crippen molar-refractivity contribution in [3.05, 3.63) is 23.3 Å². The van der Waals surface area contributed by atoms with Crippen molar-refractivity contribution >= 4 is 5.71 Å². The third-order valence-electron chi connectivity index (χ3n) is 3.21. The standard InChI is InChI=1S/C15H25N/c1-5-7-8-9-10-14-11-12(3)16-13(4)15(14)6-2/h6,11,13H,5,7-10H2,1-4H3. The van der Waals surface area contributed by atoms with Crippen molar-refractivity contribution in [1.82, 2.24) is 0 Å². The van der Waals surface area contributed by atoms with E-state index in [2.05, 4.69) is 44.8 Å². The maximum atomic E-state index is 4.60. The Bertz CT molecular complexity index is 307. The fourth-order valence-corrected chi connectivity index (χ4v) is 2.40. The molecule has 0 fully saturated rings. The van der Waals surface area contributed by atoms with Crippen LogP contribution < -0.4 is 0 Å². The number of rotatable bonds is 5. The summed E-state index contributed by atoms with van der Waals surface area (Å²) >= 11 is 0. The Morgan fingerprint density at radius 1 is 1.31 bits per heavy atom. The number of hydrogen-bond donors (Lipinski definition) is 0. The summed E-state index contributed by atoms with van der Waals surface area (Å²) < 4.78 is 0. The molecule has 0 bridgehead atoms. The monoisotopic (exact) mass is 219 g/mol. The van der Waals surface area contributed by atoms with E-state index in [1.165, 1.54) is 49.0 Å². The zero-order valence-electron chi connectivity index (χ0n) is 11.2. The molecular weight excluding hydrogens is 194 g/mol. The zero-order valence-corrected chi connectivity index (χ0v) is 11.2. The summed E-state index contributed by atoms with van der Waals surface area (Å²) in [5.41, 5.74) is 4.13. The Balaban J connectivity index is 2.58. The van der Waals surface area contributed by atoms with Gasteiger partial charge < -0.3 is 0 Å². The zero-order chi connectivity index (χ0) is 12.0. The molecule has 0 spiro atoms. The molecule has 1 nitrogen and oxygen atoms in total. The lowest BCUT2D eigenvalue weighted by molar-refractivity contribution is 0.660. The van der Waals surface area contributed by atoms with Crippen LogP contribution in [0.25, 0.3) is 0 Å². The van der Waals surface area contributed by atoms with Gasteiger partial charge in [0, 0.05) is 5.71 Å². The molecule has 16 heavy (non-hydrogen) atoms. The fraction of sp³-hybridized carbons (Fsp3) is 0.667. The Hall–Kier alpha value is -0.850. The molecule has 90 valence electrons. The summed E-state index contributed by atoms with van der Waals surface area (Å²) in [7, 11) is 0. The fourth-order valence-electron chi connectivity index (χ4n) is 2.40. The maximum absolute atomic E-state index is 4.60. The molecule has 1 rings (SSSR count). The highest BCUT2D eigenvalue weighted by Crippen LogP contribution is 2.26. The van der Waals surface area contributed by atoms with Crippen molar-refractivity contribution in [2.75, 3.05) is 0 Å². The number of allylic oxidation sites excluding steroid dienone is 2. The lowest BCUT2D eigenvalue weighted by Crippen LogP contribution is -2.13. The molecule has 0 amide bonds. The molecule has 1 aliphatic rings. The minimum absolute atomic E-state index is 0.358. The van der Waals surface area contributed by atoms with Gasteiger partial charge in [0.1, 0.15) is 0 Å². The topological polar surface area (TPSA) is 12.4 Å². The number of unbranched alkanes of at least 4 members (excludes halogenated alkanes) is 3. The van der Waals surface area contributed by atoms with Gasteiger partial charge in [-0.1, -0.05) is 32.3 Å². The first-order valence-corrected chi connectivity index (χ1v) is 6.60. The summed E-state index contributed by atoms with van der Waals surface area (Å²) in [6.45, 7) is 8.69. The van der Waals surface area contributed by atoms with E-state index in [1.807, 2.05) is 0 Å². The second kappa shape index (κ2) is 6.67. The smallest absolute Gasteiger partial charge is 0.0723 e. The predicted octanol–water partition coefficient (Wildman–Crippen LogP) is 4.69. The summed E-state index contributed by atoms with van der Waals surface area (Å²) in [4.78, 5) is 4.60. The van der Waals surface area contributed by atoms with Gasteiger partial charge in [-0.25, -0.2) is 0 Å². The van der Waals surface area contributed by atoms with Crippen LogP contribution in [0.5, 0.6) is 0 Å². The molecule has 1 unspecified atom stereocenters. The van der Waals surface area contributed by atoms with E-state index < -0.39 is 0 Å². The molecule has 1 heterocycles. The molecule has 0 radical (unpaired) electrons. The Morgan fingerprint density at radius 3 is 2.69 bits per heavy atom. The minimum Gasteiger partial charge on any atom is -0.282 e. The van der Waals surface area contributed by atoms with E-state index in [0.717, 1.165) is 0 Å². The SMILES string of the molecule is CC=C1C(CCCCCC)=CC(C)=NC1C. The van der Waals surface area contributed by atoms with Crippen LogP contribution >= 0.6 is 0 Å². The van der Waals surface area contributed by atoms with Crippen molar-refractivity contribution in [2.24, 2.45) is 4.99 Å². The summed E-state index contributed by atoms with van der Waals surface area (Å²) in [5.74, 6) is 0. The normalized spacial score (nSPS) is 23.2. The van der Waals surface area contributed by atoms with Gasteiger partial charge in [-0.3, -0.25) is 4.99 Å². The lowest BCUT2D eigenvalue weighted by Gasteiger charge is -2.21.